The summed E-state index contributed by atoms with van der Waals surface area (Å²) in [5.74, 6) is 1.96. The van der Waals surface area contributed by atoms with Crippen molar-refractivity contribution in [2.75, 3.05) is 17.7 Å². The summed E-state index contributed by atoms with van der Waals surface area (Å²) in [5.41, 5.74) is 9.96. The minimum Gasteiger partial charge on any atom is -0.476 e. The van der Waals surface area contributed by atoms with Crippen LogP contribution >= 0.6 is 0 Å². The average molecular weight is 283 g/mol. The molecular formula is C17H21N3O. The summed E-state index contributed by atoms with van der Waals surface area (Å²) in [6.45, 7) is 4.86. The highest BCUT2D eigenvalue weighted by atomic mass is 16.5. The van der Waals surface area contributed by atoms with Gasteiger partial charge >= 0.3 is 0 Å². The molecule has 0 saturated heterocycles. The molecule has 1 aromatic carbocycles. The molecule has 1 aliphatic carbocycles. The van der Waals surface area contributed by atoms with Crippen molar-refractivity contribution in [3.05, 3.63) is 41.5 Å². The summed E-state index contributed by atoms with van der Waals surface area (Å²) in [4.78, 5) is 4.48. The molecule has 0 bridgehead atoms. The normalized spacial score (nSPS) is 14.0. The number of pyridine rings is 1. The number of nitrogens with two attached hydrogens (primary N) is 1. The second-order valence-corrected chi connectivity index (χ2v) is 5.79. The van der Waals surface area contributed by atoms with Crippen LogP contribution in [0.1, 0.15) is 24.0 Å². The Balaban J connectivity index is 1.78. The molecule has 21 heavy (non-hydrogen) atoms. The van der Waals surface area contributed by atoms with E-state index in [-0.39, 0.29) is 0 Å². The van der Waals surface area contributed by atoms with E-state index < -0.39 is 0 Å². The monoisotopic (exact) mass is 283 g/mol. The van der Waals surface area contributed by atoms with E-state index in [0.717, 1.165) is 11.5 Å². The fourth-order valence-electron chi connectivity index (χ4n) is 2.13. The molecule has 0 spiro atoms. The summed E-state index contributed by atoms with van der Waals surface area (Å²) in [7, 11) is 0. The first kappa shape index (κ1) is 13.7. The Morgan fingerprint density at radius 1 is 1.24 bits per heavy atom. The number of aryl methyl sites for hydroxylation is 2. The lowest BCUT2D eigenvalue weighted by atomic mass is 10.1. The molecule has 110 valence electrons. The molecule has 3 N–H and O–H groups in total. The maximum Gasteiger partial charge on any atom is 0.239 e. The maximum absolute atomic E-state index is 5.93. The number of ether oxygens (including phenoxy) is 1. The lowest BCUT2D eigenvalue weighted by molar-refractivity contribution is 0.290. The number of nitrogen functional groups attached to an aromatic ring is 1. The van der Waals surface area contributed by atoms with Gasteiger partial charge in [0, 0.05) is 5.69 Å². The van der Waals surface area contributed by atoms with Crippen LogP contribution in [0.2, 0.25) is 0 Å². The molecule has 0 unspecified atom stereocenters. The third kappa shape index (κ3) is 3.45. The Kier molecular flexibility index (Phi) is 3.69. The highest BCUT2D eigenvalue weighted by molar-refractivity contribution is 5.63. The molecule has 1 aromatic heterocycles. The number of hydrogen-bond acceptors (Lipinski definition) is 4. The first-order valence-electron chi connectivity index (χ1n) is 7.35. The Morgan fingerprint density at radius 3 is 2.81 bits per heavy atom. The Hall–Kier alpha value is -2.23. The van der Waals surface area contributed by atoms with E-state index in [1.54, 1.807) is 0 Å². The molecule has 2 aromatic rings. The summed E-state index contributed by atoms with van der Waals surface area (Å²) in [6, 6.07) is 10.0. The predicted molar refractivity (Wildman–Crippen MR) is 86.1 cm³/mol. The van der Waals surface area contributed by atoms with Gasteiger partial charge in [0.25, 0.3) is 0 Å². The lowest BCUT2D eigenvalue weighted by Gasteiger charge is -2.12. The van der Waals surface area contributed by atoms with E-state index >= 15 is 0 Å². The Morgan fingerprint density at radius 2 is 2.05 bits per heavy atom. The Bertz CT molecular complexity index is 650. The first-order valence-corrected chi connectivity index (χ1v) is 7.35. The van der Waals surface area contributed by atoms with Crippen molar-refractivity contribution in [3.63, 3.8) is 0 Å². The zero-order valence-corrected chi connectivity index (χ0v) is 12.5. The molecule has 1 fully saturated rings. The third-order valence-electron chi connectivity index (χ3n) is 3.70. The van der Waals surface area contributed by atoms with E-state index in [0.29, 0.717) is 24.1 Å². The van der Waals surface area contributed by atoms with Crippen molar-refractivity contribution in [2.45, 2.75) is 26.7 Å². The van der Waals surface area contributed by atoms with Crippen molar-refractivity contribution in [2.24, 2.45) is 5.92 Å². The molecule has 1 aliphatic rings. The standard InChI is InChI=1S/C17H21N3O/c1-11-3-4-12(2)15(9-11)19-16-8-7-14(18)17(20-16)21-10-13-5-6-13/h3-4,7-9,13H,5-6,10,18H2,1-2H3,(H,19,20). The summed E-state index contributed by atoms with van der Waals surface area (Å²) < 4.78 is 5.72. The second-order valence-electron chi connectivity index (χ2n) is 5.79. The van der Waals surface area contributed by atoms with Crippen LogP contribution in [0.25, 0.3) is 0 Å². The van der Waals surface area contributed by atoms with Gasteiger partial charge in [-0.3, -0.25) is 0 Å². The number of anilines is 3. The topological polar surface area (TPSA) is 60.2 Å². The quantitative estimate of drug-likeness (QED) is 0.876. The van der Waals surface area contributed by atoms with E-state index in [4.69, 9.17) is 10.5 Å². The van der Waals surface area contributed by atoms with E-state index in [2.05, 4.69) is 42.3 Å². The van der Waals surface area contributed by atoms with Gasteiger partial charge in [-0.1, -0.05) is 12.1 Å². The van der Waals surface area contributed by atoms with Crippen LogP contribution < -0.4 is 15.8 Å². The molecule has 1 saturated carbocycles. The second kappa shape index (κ2) is 5.64. The molecule has 0 radical (unpaired) electrons. The van der Waals surface area contributed by atoms with Gasteiger partial charge in [0.2, 0.25) is 5.88 Å². The van der Waals surface area contributed by atoms with Gasteiger partial charge < -0.3 is 15.8 Å². The molecule has 4 nitrogen and oxygen atoms in total. The highest BCUT2D eigenvalue weighted by Crippen LogP contribution is 2.31. The lowest BCUT2D eigenvalue weighted by Crippen LogP contribution is -2.05. The van der Waals surface area contributed by atoms with Crippen LogP contribution in [0.4, 0.5) is 17.2 Å². The summed E-state index contributed by atoms with van der Waals surface area (Å²) in [5, 5.41) is 3.34. The van der Waals surface area contributed by atoms with Crippen molar-refractivity contribution in [1.29, 1.82) is 0 Å². The van der Waals surface area contributed by atoms with E-state index in [1.165, 1.54) is 24.0 Å². The van der Waals surface area contributed by atoms with E-state index in [1.807, 2.05) is 12.1 Å². The number of hydrogen-bond donors (Lipinski definition) is 2. The SMILES string of the molecule is Cc1ccc(C)c(Nc2ccc(N)c(OCC3CC3)n2)c1. The number of nitrogens with zero attached hydrogens (tertiary/aromatic N) is 1. The molecule has 0 aliphatic heterocycles. The summed E-state index contributed by atoms with van der Waals surface area (Å²) in [6.07, 6.45) is 2.50. The molecule has 0 atom stereocenters. The van der Waals surface area contributed by atoms with Crippen LogP contribution in [0.5, 0.6) is 5.88 Å². The maximum atomic E-state index is 5.93. The summed E-state index contributed by atoms with van der Waals surface area (Å²) >= 11 is 0. The van der Waals surface area contributed by atoms with E-state index in [9.17, 15) is 0 Å². The zero-order valence-electron chi connectivity index (χ0n) is 12.5. The van der Waals surface area contributed by atoms with Crippen molar-refractivity contribution in [3.8, 4) is 5.88 Å². The predicted octanol–water partition coefficient (Wildman–Crippen LogP) is 3.81. The van der Waals surface area contributed by atoms with Crippen LogP contribution in [0.15, 0.2) is 30.3 Å². The van der Waals surface area contributed by atoms with Gasteiger partial charge in [0.05, 0.1) is 12.3 Å². The van der Waals surface area contributed by atoms with Crippen LogP contribution in [0.3, 0.4) is 0 Å². The highest BCUT2D eigenvalue weighted by Gasteiger charge is 2.22. The zero-order chi connectivity index (χ0) is 14.8. The van der Waals surface area contributed by atoms with Gasteiger partial charge in [-0.2, -0.15) is 4.98 Å². The van der Waals surface area contributed by atoms with Gasteiger partial charge in [-0.15, -0.1) is 0 Å². The molecular weight excluding hydrogens is 262 g/mol. The smallest absolute Gasteiger partial charge is 0.239 e. The Labute approximate surface area is 125 Å². The van der Waals surface area contributed by atoms with Crippen LogP contribution in [0, 0.1) is 19.8 Å². The number of benzene rings is 1. The fraction of sp³-hybridized carbons (Fsp3) is 0.353. The molecule has 3 rings (SSSR count). The van der Waals surface area contributed by atoms with Crippen LogP contribution in [-0.2, 0) is 0 Å². The van der Waals surface area contributed by atoms with Gasteiger partial charge in [0.1, 0.15) is 5.82 Å². The number of aromatic nitrogens is 1. The van der Waals surface area contributed by atoms with Crippen molar-refractivity contribution < 1.29 is 4.74 Å². The van der Waals surface area contributed by atoms with Crippen molar-refractivity contribution >= 4 is 17.2 Å². The van der Waals surface area contributed by atoms with Gasteiger partial charge in [-0.05, 0) is 61.9 Å². The first-order chi connectivity index (χ1) is 10.1. The number of rotatable bonds is 5. The molecule has 1 heterocycles. The number of nitrogens with one attached hydrogen (secondary N) is 1. The molecule has 0 amide bonds. The fourth-order valence-corrected chi connectivity index (χ4v) is 2.13. The van der Waals surface area contributed by atoms with Gasteiger partial charge in [-0.25, -0.2) is 0 Å². The van der Waals surface area contributed by atoms with Crippen LogP contribution in [-0.4, -0.2) is 11.6 Å². The van der Waals surface area contributed by atoms with Gasteiger partial charge in [0.15, 0.2) is 0 Å². The minimum atomic E-state index is 0.525. The minimum absolute atomic E-state index is 0.525. The van der Waals surface area contributed by atoms with Crippen molar-refractivity contribution in [1.82, 2.24) is 4.98 Å². The third-order valence-corrected chi connectivity index (χ3v) is 3.70. The molecule has 4 heteroatoms. The largest absolute Gasteiger partial charge is 0.476 e. The average Bonchev–Trinajstić information content (AvgIpc) is 3.27.